The summed E-state index contributed by atoms with van der Waals surface area (Å²) < 4.78 is 6.20. The molecule has 0 bridgehead atoms. The van der Waals surface area contributed by atoms with Gasteiger partial charge in [-0.1, -0.05) is 49.2 Å². The van der Waals surface area contributed by atoms with E-state index in [4.69, 9.17) is 33.7 Å². The smallest absolute Gasteiger partial charge is 0.162 e. The van der Waals surface area contributed by atoms with Crippen LogP contribution in [-0.2, 0) is 11.4 Å². The lowest BCUT2D eigenvalue weighted by Crippen LogP contribution is -2.42. The van der Waals surface area contributed by atoms with Gasteiger partial charge in [0.15, 0.2) is 5.78 Å². The number of nitrogens with two attached hydrogens (primary N) is 1. The van der Waals surface area contributed by atoms with Crippen LogP contribution < -0.4 is 15.4 Å². The number of halogens is 2. The molecule has 2 N–H and O–H groups in total. The summed E-state index contributed by atoms with van der Waals surface area (Å²) in [7, 11) is 0. The van der Waals surface area contributed by atoms with Crippen LogP contribution in [0.3, 0.4) is 0 Å². The fourth-order valence-electron chi connectivity index (χ4n) is 6.02. The molecule has 1 atom stereocenters. The van der Waals surface area contributed by atoms with E-state index < -0.39 is 5.92 Å². The van der Waals surface area contributed by atoms with Crippen LogP contribution in [0, 0.1) is 37.5 Å². The number of ether oxygens (including phenoxy) is 1. The van der Waals surface area contributed by atoms with E-state index in [0.29, 0.717) is 46.5 Å². The van der Waals surface area contributed by atoms with Crippen LogP contribution in [-0.4, -0.2) is 5.78 Å². The molecule has 0 spiro atoms. The minimum atomic E-state index is -0.571. The number of anilines is 1. The Morgan fingerprint density at radius 2 is 1.66 bits per heavy atom. The third-order valence-electron chi connectivity index (χ3n) is 8.02. The highest BCUT2D eigenvalue weighted by Gasteiger charge is 2.45. The number of ketones is 1. The van der Waals surface area contributed by atoms with E-state index in [9.17, 15) is 10.1 Å². The molecular formula is C34H33Cl2N3O2. The molecule has 1 aliphatic carbocycles. The van der Waals surface area contributed by atoms with Gasteiger partial charge in [-0.05, 0) is 103 Å². The van der Waals surface area contributed by atoms with E-state index in [1.165, 1.54) is 0 Å². The number of carbonyl (C=O) groups excluding carboxylic acids is 1. The summed E-state index contributed by atoms with van der Waals surface area (Å²) >= 11 is 12.3. The van der Waals surface area contributed by atoms with Crippen molar-refractivity contribution in [1.82, 2.24) is 0 Å². The van der Waals surface area contributed by atoms with Crippen LogP contribution >= 0.6 is 23.2 Å². The summed E-state index contributed by atoms with van der Waals surface area (Å²) in [6.07, 6.45) is 1.04. The number of nitrogens with zero attached hydrogens (tertiary/aromatic N) is 2. The van der Waals surface area contributed by atoms with Crippen LogP contribution in [0.15, 0.2) is 77.3 Å². The van der Waals surface area contributed by atoms with Crippen molar-refractivity contribution in [3.05, 3.63) is 115 Å². The highest BCUT2D eigenvalue weighted by molar-refractivity contribution is 6.31. The van der Waals surface area contributed by atoms with Gasteiger partial charge in [-0.3, -0.25) is 9.69 Å². The zero-order valence-electron chi connectivity index (χ0n) is 23.9. The largest absolute Gasteiger partial charge is 0.489 e. The molecule has 1 aliphatic heterocycles. The molecule has 3 aromatic carbocycles. The molecule has 0 saturated carbocycles. The number of carbonyl (C=O) groups is 1. The normalized spacial score (nSPS) is 18.3. The Bertz CT molecular complexity index is 1660. The highest BCUT2D eigenvalue weighted by atomic mass is 35.5. The standard InChI is InChI=1S/C34H33Cl2N3O2/c1-19-12-20(2)26(14-22(19)18-41-30-11-8-24(36)13-21(30)3)31-27(17-37)33(38)39(25-9-6-23(35)7-10-25)28-15-34(4,5)16-29(40)32(28)31/h6-14,31H,15-16,18,38H2,1-5H3. The number of aryl methyl sites for hydroxylation is 3. The van der Waals surface area contributed by atoms with E-state index >= 15 is 0 Å². The second kappa shape index (κ2) is 10.9. The number of hydrogen-bond acceptors (Lipinski definition) is 5. The molecular weight excluding hydrogens is 553 g/mol. The van der Waals surface area contributed by atoms with Crippen molar-refractivity contribution in [3.63, 3.8) is 0 Å². The number of hydrogen-bond donors (Lipinski definition) is 1. The van der Waals surface area contributed by atoms with Crippen molar-refractivity contribution in [1.29, 1.82) is 5.26 Å². The number of Topliss-reactive ketones (excluding diaryl/α,β-unsaturated/α-hetero) is 1. The highest BCUT2D eigenvalue weighted by Crippen LogP contribution is 2.51. The van der Waals surface area contributed by atoms with Crippen LogP contribution in [0.2, 0.25) is 10.0 Å². The number of rotatable bonds is 5. The first-order chi connectivity index (χ1) is 19.4. The van der Waals surface area contributed by atoms with Crippen molar-refractivity contribution in [2.75, 3.05) is 4.90 Å². The molecule has 1 unspecified atom stereocenters. The van der Waals surface area contributed by atoms with Gasteiger partial charge in [-0.15, -0.1) is 0 Å². The second-order valence-corrected chi connectivity index (χ2v) is 12.7. The molecule has 7 heteroatoms. The average molecular weight is 587 g/mol. The lowest BCUT2D eigenvalue weighted by molar-refractivity contribution is -0.118. The zero-order chi connectivity index (χ0) is 29.6. The van der Waals surface area contributed by atoms with Crippen molar-refractivity contribution >= 4 is 34.7 Å². The summed E-state index contributed by atoms with van der Waals surface area (Å²) in [5.41, 5.74) is 14.0. The predicted octanol–water partition coefficient (Wildman–Crippen LogP) is 8.44. The number of nitriles is 1. The number of benzene rings is 3. The van der Waals surface area contributed by atoms with E-state index in [1.54, 1.807) is 12.1 Å². The summed E-state index contributed by atoms with van der Waals surface area (Å²) in [4.78, 5) is 15.8. The SMILES string of the molecule is Cc1cc(C)c(C2C(C#N)=C(N)N(c3ccc(Cl)cc3)C3=C2C(=O)CC(C)(C)C3)cc1COc1ccc(Cl)cc1C. The molecule has 0 radical (unpaired) electrons. The first kappa shape index (κ1) is 28.8. The van der Waals surface area contributed by atoms with Gasteiger partial charge in [-0.25, -0.2) is 0 Å². The molecule has 210 valence electrons. The third kappa shape index (κ3) is 5.47. The minimum absolute atomic E-state index is 0.0371. The fraction of sp³-hybridized carbons (Fsp3) is 0.294. The van der Waals surface area contributed by atoms with Crippen LogP contribution in [0.5, 0.6) is 5.75 Å². The Labute approximate surface area is 251 Å². The maximum Gasteiger partial charge on any atom is 0.162 e. The van der Waals surface area contributed by atoms with Crippen LogP contribution in [0.25, 0.3) is 0 Å². The topological polar surface area (TPSA) is 79.4 Å². The lowest BCUT2D eigenvalue weighted by atomic mass is 9.68. The van der Waals surface area contributed by atoms with E-state index in [2.05, 4.69) is 32.0 Å². The fourth-order valence-corrected chi connectivity index (χ4v) is 6.37. The van der Waals surface area contributed by atoms with Crippen LogP contribution in [0.4, 0.5) is 5.69 Å². The van der Waals surface area contributed by atoms with E-state index in [0.717, 1.165) is 45.0 Å². The van der Waals surface area contributed by atoms with E-state index in [-0.39, 0.29) is 11.2 Å². The molecule has 41 heavy (non-hydrogen) atoms. The van der Waals surface area contributed by atoms with Crippen molar-refractivity contribution in [2.45, 2.75) is 60.0 Å². The minimum Gasteiger partial charge on any atom is -0.489 e. The molecule has 5 nitrogen and oxygen atoms in total. The van der Waals surface area contributed by atoms with Gasteiger partial charge in [0.2, 0.25) is 0 Å². The Balaban J connectivity index is 1.65. The summed E-state index contributed by atoms with van der Waals surface area (Å²) in [5, 5.41) is 11.8. The maximum absolute atomic E-state index is 14.0. The van der Waals surface area contributed by atoms with Gasteiger partial charge < -0.3 is 10.5 Å². The van der Waals surface area contributed by atoms with Gasteiger partial charge in [0.25, 0.3) is 0 Å². The predicted molar refractivity (Wildman–Crippen MR) is 165 cm³/mol. The zero-order valence-corrected chi connectivity index (χ0v) is 25.5. The Kier molecular flexibility index (Phi) is 7.68. The molecule has 0 fully saturated rings. The molecule has 3 aromatic rings. The summed E-state index contributed by atoms with van der Waals surface area (Å²) in [6.45, 7) is 10.5. The van der Waals surface area contributed by atoms with Gasteiger partial charge >= 0.3 is 0 Å². The quantitative estimate of drug-likeness (QED) is 0.325. The summed E-state index contributed by atoms with van der Waals surface area (Å²) in [6, 6.07) is 19.4. The molecule has 0 saturated heterocycles. The first-order valence-corrected chi connectivity index (χ1v) is 14.4. The Hall–Kier alpha value is -3.72. The second-order valence-electron chi connectivity index (χ2n) is 11.8. The molecule has 2 aliphatic rings. The van der Waals surface area contributed by atoms with Gasteiger partial charge in [0.05, 0.1) is 17.6 Å². The molecule has 0 aromatic heterocycles. The average Bonchev–Trinajstić information content (AvgIpc) is 2.89. The van der Waals surface area contributed by atoms with Gasteiger partial charge in [0, 0.05) is 33.4 Å². The van der Waals surface area contributed by atoms with Crippen molar-refractivity contribution < 1.29 is 9.53 Å². The summed E-state index contributed by atoms with van der Waals surface area (Å²) in [5.74, 6) is 0.552. The van der Waals surface area contributed by atoms with E-state index in [1.807, 2.05) is 56.0 Å². The first-order valence-electron chi connectivity index (χ1n) is 13.6. The van der Waals surface area contributed by atoms with Gasteiger partial charge in [0.1, 0.15) is 18.2 Å². The van der Waals surface area contributed by atoms with Gasteiger partial charge in [-0.2, -0.15) is 5.26 Å². The number of allylic oxidation sites excluding steroid dienone is 3. The maximum atomic E-state index is 14.0. The van der Waals surface area contributed by atoms with Crippen LogP contribution in [0.1, 0.15) is 60.4 Å². The Morgan fingerprint density at radius 1 is 0.976 bits per heavy atom. The third-order valence-corrected chi connectivity index (χ3v) is 8.51. The molecule has 5 rings (SSSR count). The molecule has 0 amide bonds. The monoisotopic (exact) mass is 585 g/mol. The molecule has 1 heterocycles. The van der Waals surface area contributed by atoms with Crippen molar-refractivity contribution in [2.24, 2.45) is 11.1 Å². The van der Waals surface area contributed by atoms with Crippen molar-refractivity contribution in [3.8, 4) is 11.8 Å². The Morgan fingerprint density at radius 3 is 2.32 bits per heavy atom. The lowest BCUT2D eigenvalue weighted by Gasteiger charge is -2.44.